The number of halogens is 1. The van der Waals surface area contributed by atoms with Gasteiger partial charge in [0.1, 0.15) is 11.6 Å². The highest BCUT2D eigenvalue weighted by molar-refractivity contribution is 6.35. The Morgan fingerprint density at radius 1 is 1.26 bits per heavy atom. The largest absolute Gasteiger partial charge is 0.384 e. The van der Waals surface area contributed by atoms with E-state index >= 15 is 0 Å². The van der Waals surface area contributed by atoms with Crippen LogP contribution >= 0.6 is 11.6 Å². The second-order valence-corrected chi connectivity index (χ2v) is 4.67. The van der Waals surface area contributed by atoms with E-state index in [1.807, 2.05) is 24.3 Å². The fraction of sp³-hybridized carbons (Fsp3) is 0.143. The monoisotopic (exact) mass is 272 g/mol. The van der Waals surface area contributed by atoms with Gasteiger partial charge in [-0.3, -0.25) is 0 Å². The molecule has 5 heteroatoms. The molecule has 4 nitrogen and oxygen atoms in total. The zero-order valence-corrected chi connectivity index (χ0v) is 11.2. The number of aromatic nitrogens is 3. The number of hydrogen-bond acceptors (Lipinski definition) is 3. The van der Waals surface area contributed by atoms with Crippen LogP contribution in [0.25, 0.3) is 22.4 Å². The summed E-state index contributed by atoms with van der Waals surface area (Å²) in [7, 11) is 0. The molecule has 0 aliphatic rings. The van der Waals surface area contributed by atoms with Crippen LogP contribution in [0.15, 0.2) is 36.5 Å². The Labute approximate surface area is 115 Å². The predicted molar refractivity (Wildman–Crippen MR) is 78.1 cm³/mol. The van der Waals surface area contributed by atoms with E-state index in [-0.39, 0.29) is 0 Å². The number of benzene rings is 1. The lowest BCUT2D eigenvalue weighted by molar-refractivity contribution is 0.796. The molecule has 3 rings (SSSR count). The van der Waals surface area contributed by atoms with Gasteiger partial charge in [0.2, 0.25) is 0 Å². The number of anilines is 1. The molecule has 3 aromatic rings. The van der Waals surface area contributed by atoms with E-state index in [4.69, 9.17) is 17.3 Å². The van der Waals surface area contributed by atoms with Crippen LogP contribution in [-0.4, -0.2) is 14.5 Å². The summed E-state index contributed by atoms with van der Waals surface area (Å²) in [5.74, 6) is 1.36. The van der Waals surface area contributed by atoms with Crippen molar-refractivity contribution in [1.29, 1.82) is 0 Å². The average Bonchev–Trinajstić information content (AvgIpc) is 2.79. The normalized spacial score (nSPS) is 11.1. The molecule has 0 spiro atoms. The van der Waals surface area contributed by atoms with Crippen molar-refractivity contribution in [2.24, 2.45) is 0 Å². The fourth-order valence-corrected chi connectivity index (χ4v) is 2.48. The number of nitrogen functional groups attached to an aromatic ring is 1. The van der Waals surface area contributed by atoms with Crippen molar-refractivity contribution < 1.29 is 0 Å². The average molecular weight is 273 g/mol. The minimum absolute atomic E-state index is 0.501. The van der Waals surface area contributed by atoms with Crippen molar-refractivity contribution in [3.8, 4) is 11.4 Å². The summed E-state index contributed by atoms with van der Waals surface area (Å²) in [6.07, 6.45) is 1.73. The van der Waals surface area contributed by atoms with Gasteiger partial charge in [0.05, 0.1) is 16.1 Å². The summed E-state index contributed by atoms with van der Waals surface area (Å²) < 4.78 is 2.09. The smallest absolute Gasteiger partial charge is 0.142 e. The molecule has 0 saturated heterocycles. The number of pyridine rings is 1. The number of fused-ring (bicyclic) bond motifs is 1. The van der Waals surface area contributed by atoms with Crippen molar-refractivity contribution >= 4 is 28.5 Å². The number of nitrogens with zero attached hydrogens (tertiary/aromatic N) is 3. The summed E-state index contributed by atoms with van der Waals surface area (Å²) in [5.41, 5.74) is 8.40. The molecule has 2 aromatic heterocycles. The van der Waals surface area contributed by atoms with Gasteiger partial charge in [-0.05, 0) is 31.2 Å². The minimum atomic E-state index is 0.501. The van der Waals surface area contributed by atoms with E-state index < -0.39 is 0 Å². The number of aryl methyl sites for hydroxylation is 1. The van der Waals surface area contributed by atoms with Gasteiger partial charge in [-0.25, -0.2) is 9.97 Å². The first-order valence-corrected chi connectivity index (χ1v) is 6.45. The van der Waals surface area contributed by atoms with Crippen LogP contribution < -0.4 is 5.73 Å². The maximum atomic E-state index is 6.27. The van der Waals surface area contributed by atoms with Crippen molar-refractivity contribution in [3.05, 3.63) is 41.6 Å². The second-order valence-electron chi connectivity index (χ2n) is 4.26. The lowest BCUT2D eigenvalue weighted by Crippen LogP contribution is -1.98. The quantitative estimate of drug-likeness (QED) is 0.778. The van der Waals surface area contributed by atoms with Crippen LogP contribution in [0.2, 0.25) is 5.02 Å². The van der Waals surface area contributed by atoms with Gasteiger partial charge in [0.25, 0.3) is 0 Å². The molecule has 0 amide bonds. The summed E-state index contributed by atoms with van der Waals surface area (Å²) in [5, 5.41) is 0.710. The Balaban J connectivity index is 2.29. The first kappa shape index (κ1) is 12.0. The molecular formula is C14H13ClN4. The van der Waals surface area contributed by atoms with E-state index in [0.29, 0.717) is 10.8 Å². The second kappa shape index (κ2) is 4.55. The standard InChI is InChI=1S/C14H13ClN4/c1-2-19-13-10(15)4-3-5-11(13)18-14(19)9-6-7-12(16)17-8-9/h3-8H,2H2,1H3,(H2,16,17). The summed E-state index contributed by atoms with van der Waals surface area (Å²) >= 11 is 6.27. The number of rotatable bonds is 2. The van der Waals surface area contributed by atoms with Crippen LogP contribution in [0.4, 0.5) is 5.82 Å². The molecule has 96 valence electrons. The summed E-state index contributed by atoms with van der Waals surface area (Å²) in [4.78, 5) is 8.76. The highest BCUT2D eigenvalue weighted by atomic mass is 35.5. The number of nitrogens with two attached hydrogens (primary N) is 1. The van der Waals surface area contributed by atoms with Gasteiger partial charge in [-0.1, -0.05) is 17.7 Å². The summed E-state index contributed by atoms with van der Waals surface area (Å²) in [6, 6.07) is 9.44. The Morgan fingerprint density at radius 3 is 2.79 bits per heavy atom. The number of para-hydroxylation sites is 1. The summed E-state index contributed by atoms with van der Waals surface area (Å²) in [6.45, 7) is 2.86. The Hall–Kier alpha value is -2.07. The van der Waals surface area contributed by atoms with Crippen molar-refractivity contribution in [2.75, 3.05) is 5.73 Å². The van der Waals surface area contributed by atoms with Gasteiger partial charge in [0.15, 0.2) is 0 Å². The SMILES string of the molecule is CCn1c(-c2ccc(N)nc2)nc2cccc(Cl)c21. The fourth-order valence-electron chi connectivity index (χ4n) is 2.21. The highest BCUT2D eigenvalue weighted by Crippen LogP contribution is 2.29. The molecule has 0 aliphatic carbocycles. The third-order valence-corrected chi connectivity index (χ3v) is 3.38. The molecule has 0 atom stereocenters. The first-order chi connectivity index (χ1) is 9.20. The molecule has 2 heterocycles. The van der Waals surface area contributed by atoms with Crippen LogP contribution in [0.3, 0.4) is 0 Å². The van der Waals surface area contributed by atoms with Crippen LogP contribution in [0.1, 0.15) is 6.92 Å². The third kappa shape index (κ3) is 1.94. The zero-order chi connectivity index (χ0) is 13.4. The molecule has 0 aliphatic heterocycles. The van der Waals surface area contributed by atoms with E-state index in [0.717, 1.165) is 29.0 Å². The van der Waals surface area contributed by atoms with Gasteiger partial charge < -0.3 is 10.3 Å². The van der Waals surface area contributed by atoms with E-state index in [1.165, 1.54) is 0 Å². The Kier molecular flexibility index (Phi) is 2.87. The lowest BCUT2D eigenvalue weighted by atomic mass is 10.2. The minimum Gasteiger partial charge on any atom is -0.384 e. The predicted octanol–water partition coefficient (Wildman–Crippen LogP) is 3.35. The maximum Gasteiger partial charge on any atom is 0.142 e. The van der Waals surface area contributed by atoms with Gasteiger partial charge in [-0.15, -0.1) is 0 Å². The molecule has 2 N–H and O–H groups in total. The topological polar surface area (TPSA) is 56.7 Å². The van der Waals surface area contributed by atoms with E-state index in [1.54, 1.807) is 12.3 Å². The van der Waals surface area contributed by atoms with Gasteiger partial charge in [0, 0.05) is 18.3 Å². The maximum absolute atomic E-state index is 6.27. The van der Waals surface area contributed by atoms with Crippen molar-refractivity contribution in [2.45, 2.75) is 13.5 Å². The van der Waals surface area contributed by atoms with Crippen molar-refractivity contribution in [3.63, 3.8) is 0 Å². The molecule has 0 saturated carbocycles. The highest BCUT2D eigenvalue weighted by Gasteiger charge is 2.13. The third-order valence-electron chi connectivity index (χ3n) is 3.08. The van der Waals surface area contributed by atoms with Crippen LogP contribution in [0, 0.1) is 0 Å². The lowest BCUT2D eigenvalue weighted by Gasteiger charge is -2.06. The van der Waals surface area contributed by atoms with Gasteiger partial charge >= 0.3 is 0 Å². The van der Waals surface area contributed by atoms with Crippen molar-refractivity contribution in [1.82, 2.24) is 14.5 Å². The molecule has 0 fully saturated rings. The van der Waals surface area contributed by atoms with Crippen LogP contribution in [0.5, 0.6) is 0 Å². The number of imidazole rings is 1. The van der Waals surface area contributed by atoms with Gasteiger partial charge in [-0.2, -0.15) is 0 Å². The molecule has 0 bridgehead atoms. The molecular weight excluding hydrogens is 260 g/mol. The first-order valence-electron chi connectivity index (χ1n) is 6.07. The molecule has 19 heavy (non-hydrogen) atoms. The molecule has 1 aromatic carbocycles. The molecule has 0 unspecified atom stereocenters. The number of hydrogen-bond donors (Lipinski definition) is 1. The molecule has 0 radical (unpaired) electrons. The Morgan fingerprint density at radius 2 is 2.11 bits per heavy atom. The van der Waals surface area contributed by atoms with E-state index in [2.05, 4.69) is 21.5 Å². The Bertz CT molecular complexity index is 731. The van der Waals surface area contributed by atoms with E-state index in [9.17, 15) is 0 Å². The van der Waals surface area contributed by atoms with Crippen LogP contribution in [-0.2, 0) is 6.54 Å². The zero-order valence-electron chi connectivity index (χ0n) is 10.5.